The number of hydrogen-bond donors (Lipinski definition) is 2. The van der Waals surface area contributed by atoms with Gasteiger partial charge in [0.1, 0.15) is 5.69 Å². The van der Waals surface area contributed by atoms with Crippen molar-refractivity contribution in [2.45, 2.75) is 13.5 Å². The van der Waals surface area contributed by atoms with Crippen LogP contribution in [-0.2, 0) is 6.54 Å². The first-order valence-corrected chi connectivity index (χ1v) is 9.10. The Morgan fingerprint density at radius 3 is 2.61 bits per heavy atom. The lowest BCUT2D eigenvalue weighted by molar-refractivity contribution is 0.0946. The highest BCUT2D eigenvalue weighted by atomic mass is 16.1. The van der Waals surface area contributed by atoms with Crippen LogP contribution >= 0.6 is 0 Å². The van der Waals surface area contributed by atoms with E-state index in [2.05, 4.69) is 20.6 Å². The Bertz CT molecular complexity index is 1120. The molecule has 0 radical (unpaired) electrons. The van der Waals surface area contributed by atoms with E-state index in [1.165, 1.54) is 0 Å². The third-order valence-corrected chi connectivity index (χ3v) is 4.61. The van der Waals surface area contributed by atoms with E-state index in [-0.39, 0.29) is 5.91 Å². The molecule has 138 valence electrons. The zero-order chi connectivity index (χ0) is 19.3. The molecule has 4 aromatic rings. The van der Waals surface area contributed by atoms with Gasteiger partial charge < -0.3 is 10.6 Å². The van der Waals surface area contributed by atoms with Gasteiger partial charge in [-0.25, -0.2) is 4.98 Å². The minimum Gasteiger partial charge on any atom is -0.352 e. The summed E-state index contributed by atoms with van der Waals surface area (Å²) in [7, 11) is 0. The molecule has 2 N–H and O–H groups in total. The molecule has 0 fully saturated rings. The van der Waals surface area contributed by atoms with Gasteiger partial charge in [-0.3, -0.25) is 9.78 Å². The van der Waals surface area contributed by atoms with Crippen LogP contribution in [0.5, 0.6) is 0 Å². The van der Waals surface area contributed by atoms with Crippen LogP contribution in [0.3, 0.4) is 0 Å². The molecule has 0 atom stereocenters. The van der Waals surface area contributed by atoms with Gasteiger partial charge in [-0.2, -0.15) is 0 Å². The number of amides is 1. The molecule has 0 spiro atoms. The number of carbonyl (C=O) groups is 1. The van der Waals surface area contributed by atoms with Crippen molar-refractivity contribution in [2.75, 3.05) is 5.32 Å². The molecule has 0 unspecified atom stereocenters. The number of nitrogens with one attached hydrogen (secondary N) is 2. The number of rotatable bonds is 5. The van der Waals surface area contributed by atoms with Gasteiger partial charge >= 0.3 is 0 Å². The fraction of sp³-hybridized carbons (Fsp3) is 0.0870. The van der Waals surface area contributed by atoms with Gasteiger partial charge in [0.25, 0.3) is 5.91 Å². The highest BCUT2D eigenvalue weighted by molar-refractivity contribution is 5.93. The number of benzene rings is 2. The van der Waals surface area contributed by atoms with Gasteiger partial charge in [0.05, 0.1) is 23.1 Å². The van der Waals surface area contributed by atoms with Gasteiger partial charge in [0, 0.05) is 18.1 Å². The average molecular weight is 368 g/mol. The van der Waals surface area contributed by atoms with Crippen molar-refractivity contribution < 1.29 is 4.79 Å². The predicted molar refractivity (Wildman–Crippen MR) is 112 cm³/mol. The number of fused-ring (bicyclic) bond motifs is 1. The van der Waals surface area contributed by atoms with E-state index in [4.69, 9.17) is 0 Å². The highest BCUT2D eigenvalue weighted by Gasteiger charge is 2.08. The van der Waals surface area contributed by atoms with E-state index in [9.17, 15) is 4.79 Å². The van der Waals surface area contributed by atoms with Crippen LogP contribution in [0.15, 0.2) is 79.1 Å². The maximum absolute atomic E-state index is 12.4. The quantitative estimate of drug-likeness (QED) is 0.540. The third kappa shape index (κ3) is 3.83. The maximum atomic E-state index is 12.4. The summed E-state index contributed by atoms with van der Waals surface area (Å²) in [5.41, 5.74) is 5.22. The molecule has 0 saturated carbocycles. The number of hydrogen-bond acceptors (Lipinski definition) is 4. The maximum Gasteiger partial charge on any atom is 0.270 e. The number of pyridine rings is 2. The molecule has 5 heteroatoms. The standard InChI is InChI=1S/C23H20N4O/c1-16-6-2-3-7-18(16)14-26-23(28)21-12-11-19(15-25-21)27-20-10-4-8-17-9-5-13-24-22(17)20/h2-13,15,27H,14H2,1H3,(H,26,28). The number of aryl methyl sites for hydroxylation is 1. The lowest BCUT2D eigenvalue weighted by Gasteiger charge is -2.10. The lowest BCUT2D eigenvalue weighted by Crippen LogP contribution is -2.24. The second-order valence-electron chi connectivity index (χ2n) is 6.55. The first-order valence-electron chi connectivity index (χ1n) is 9.10. The fourth-order valence-corrected chi connectivity index (χ4v) is 3.04. The Hall–Kier alpha value is -3.73. The van der Waals surface area contributed by atoms with Crippen LogP contribution in [0.25, 0.3) is 10.9 Å². The molecule has 2 aromatic heterocycles. The van der Waals surface area contributed by atoms with Gasteiger partial charge in [-0.05, 0) is 42.3 Å². The van der Waals surface area contributed by atoms with Crippen molar-refractivity contribution in [1.82, 2.24) is 15.3 Å². The smallest absolute Gasteiger partial charge is 0.270 e. The summed E-state index contributed by atoms with van der Waals surface area (Å²) < 4.78 is 0. The number of aromatic nitrogens is 2. The van der Waals surface area contributed by atoms with Crippen molar-refractivity contribution in [3.63, 3.8) is 0 Å². The van der Waals surface area contributed by atoms with Crippen molar-refractivity contribution in [3.05, 3.63) is 95.9 Å². The lowest BCUT2D eigenvalue weighted by atomic mass is 10.1. The van der Waals surface area contributed by atoms with Crippen molar-refractivity contribution in [1.29, 1.82) is 0 Å². The van der Waals surface area contributed by atoms with Gasteiger partial charge in [-0.15, -0.1) is 0 Å². The van der Waals surface area contributed by atoms with Crippen molar-refractivity contribution >= 4 is 28.2 Å². The Kier molecular flexibility index (Phi) is 4.97. The molecule has 0 bridgehead atoms. The van der Waals surface area contributed by atoms with E-state index in [0.29, 0.717) is 12.2 Å². The number of para-hydroxylation sites is 1. The molecule has 2 aromatic carbocycles. The molecule has 2 heterocycles. The first-order chi connectivity index (χ1) is 13.7. The van der Waals surface area contributed by atoms with Crippen LogP contribution in [0.1, 0.15) is 21.6 Å². The zero-order valence-corrected chi connectivity index (χ0v) is 15.5. The second-order valence-corrected chi connectivity index (χ2v) is 6.55. The number of anilines is 2. The third-order valence-electron chi connectivity index (χ3n) is 4.61. The molecular formula is C23H20N4O. The summed E-state index contributed by atoms with van der Waals surface area (Å²) in [6.45, 7) is 2.51. The Labute approximate surface area is 163 Å². The predicted octanol–water partition coefficient (Wildman–Crippen LogP) is 4.61. The molecule has 1 amide bonds. The van der Waals surface area contributed by atoms with E-state index in [1.807, 2.05) is 67.6 Å². The van der Waals surface area contributed by atoms with Crippen LogP contribution < -0.4 is 10.6 Å². The Morgan fingerprint density at radius 2 is 1.79 bits per heavy atom. The SMILES string of the molecule is Cc1ccccc1CNC(=O)c1ccc(Nc2cccc3cccnc23)cn1. The van der Waals surface area contributed by atoms with Crippen molar-refractivity contribution in [3.8, 4) is 0 Å². The fourth-order valence-electron chi connectivity index (χ4n) is 3.04. The molecule has 4 rings (SSSR count). The second kappa shape index (κ2) is 7.88. The minimum absolute atomic E-state index is 0.193. The van der Waals surface area contributed by atoms with E-state index >= 15 is 0 Å². The molecule has 28 heavy (non-hydrogen) atoms. The molecule has 5 nitrogen and oxygen atoms in total. The summed E-state index contributed by atoms with van der Waals surface area (Å²) in [5, 5.41) is 7.30. The molecule has 0 saturated heterocycles. The Balaban J connectivity index is 1.45. The van der Waals surface area contributed by atoms with Gasteiger partial charge in [0.15, 0.2) is 0 Å². The summed E-state index contributed by atoms with van der Waals surface area (Å²) in [6, 6.07) is 21.5. The Morgan fingerprint density at radius 1 is 0.929 bits per heavy atom. The summed E-state index contributed by atoms with van der Waals surface area (Å²) in [6.07, 6.45) is 3.43. The average Bonchev–Trinajstić information content (AvgIpc) is 2.74. The zero-order valence-electron chi connectivity index (χ0n) is 15.5. The number of carbonyl (C=O) groups excluding carboxylic acids is 1. The highest BCUT2D eigenvalue weighted by Crippen LogP contribution is 2.24. The summed E-state index contributed by atoms with van der Waals surface area (Å²) in [4.78, 5) is 21.1. The van der Waals surface area contributed by atoms with E-state index in [0.717, 1.165) is 33.4 Å². The minimum atomic E-state index is -0.193. The van der Waals surface area contributed by atoms with Crippen LogP contribution in [0.4, 0.5) is 11.4 Å². The number of nitrogens with zero attached hydrogens (tertiary/aromatic N) is 2. The summed E-state index contributed by atoms with van der Waals surface area (Å²) >= 11 is 0. The molecule has 0 aliphatic heterocycles. The van der Waals surface area contributed by atoms with Gasteiger partial charge in [-0.1, -0.05) is 42.5 Å². The molecule has 0 aliphatic carbocycles. The van der Waals surface area contributed by atoms with Crippen LogP contribution in [0.2, 0.25) is 0 Å². The van der Waals surface area contributed by atoms with E-state index in [1.54, 1.807) is 18.5 Å². The van der Waals surface area contributed by atoms with Crippen LogP contribution in [-0.4, -0.2) is 15.9 Å². The normalized spacial score (nSPS) is 10.6. The topological polar surface area (TPSA) is 66.9 Å². The summed E-state index contributed by atoms with van der Waals surface area (Å²) in [5.74, 6) is -0.193. The largest absolute Gasteiger partial charge is 0.352 e. The van der Waals surface area contributed by atoms with E-state index < -0.39 is 0 Å². The van der Waals surface area contributed by atoms with Gasteiger partial charge in [0.2, 0.25) is 0 Å². The molecular weight excluding hydrogens is 348 g/mol. The first kappa shape index (κ1) is 17.7. The van der Waals surface area contributed by atoms with Crippen LogP contribution in [0, 0.1) is 6.92 Å². The van der Waals surface area contributed by atoms with Crippen molar-refractivity contribution in [2.24, 2.45) is 0 Å². The molecule has 0 aliphatic rings. The monoisotopic (exact) mass is 368 g/mol.